The van der Waals surface area contributed by atoms with E-state index in [-0.39, 0.29) is 66.0 Å². The van der Waals surface area contributed by atoms with Gasteiger partial charge in [0.2, 0.25) is 0 Å². The second-order valence-corrected chi connectivity index (χ2v) is 11.7. The number of hydrogen-bond acceptors (Lipinski definition) is 8. The van der Waals surface area contributed by atoms with Crippen molar-refractivity contribution in [1.29, 1.82) is 0 Å². The highest BCUT2D eigenvalue weighted by Gasteiger charge is 2.71. The van der Waals surface area contributed by atoms with Gasteiger partial charge in [0.25, 0.3) is 0 Å². The molecule has 1 saturated carbocycles. The molecule has 10 nitrogen and oxygen atoms in total. The van der Waals surface area contributed by atoms with E-state index < -0.39 is 0 Å². The summed E-state index contributed by atoms with van der Waals surface area (Å²) in [4.78, 5) is 40.0. The third-order valence-electron chi connectivity index (χ3n) is 8.61. The average Bonchev–Trinajstić information content (AvgIpc) is 3.79. The number of hydrogen-bond donors (Lipinski definition) is 1. The Labute approximate surface area is 226 Å². The fourth-order valence-corrected chi connectivity index (χ4v) is 6.21. The van der Waals surface area contributed by atoms with Gasteiger partial charge in [-0.3, -0.25) is 9.69 Å². The first-order valence-corrected chi connectivity index (χ1v) is 14.0. The van der Waals surface area contributed by atoms with Gasteiger partial charge in [0.1, 0.15) is 18.0 Å². The van der Waals surface area contributed by atoms with Crippen molar-refractivity contribution in [2.45, 2.75) is 89.3 Å². The van der Waals surface area contributed by atoms with Crippen molar-refractivity contribution in [3.63, 3.8) is 0 Å². The predicted molar refractivity (Wildman–Crippen MR) is 141 cm³/mol. The van der Waals surface area contributed by atoms with E-state index in [1.54, 1.807) is 7.11 Å². The summed E-state index contributed by atoms with van der Waals surface area (Å²) in [6, 6.07) is -0.174. The standard InChI is InChI=1S/C28H45N3O7/c1-19(2)6-8-22-27(4,38-22)25-24(35-5)21(10-11-28(25)18-37-28)29-26(34)31-14-12-30(13-15-31)16-17-36-23(33)9-7-20(3)32/h6,21-22,24-25H,7-18H2,1-5H3,(H,29,34)/t21-,22-,24-,25-,27?,28+/m1/s1. The Morgan fingerprint density at radius 2 is 1.82 bits per heavy atom. The number of rotatable bonds is 11. The van der Waals surface area contributed by atoms with Gasteiger partial charge >= 0.3 is 12.0 Å². The lowest BCUT2D eigenvalue weighted by Gasteiger charge is -2.44. The molecule has 0 aromatic rings. The van der Waals surface area contributed by atoms with Crippen LogP contribution in [0, 0.1) is 5.92 Å². The van der Waals surface area contributed by atoms with E-state index in [9.17, 15) is 14.4 Å². The molecular weight excluding hydrogens is 490 g/mol. The maximum Gasteiger partial charge on any atom is 0.317 e. The molecule has 3 saturated heterocycles. The van der Waals surface area contributed by atoms with Crippen LogP contribution < -0.4 is 5.32 Å². The summed E-state index contributed by atoms with van der Waals surface area (Å²) in [7, 11) is 1.72. The van der Waals surface area contributed by atoms with Gasteiger partial charge in [-0.05, 0) is 47.0 Å². The van der Waals surface area contributed by atoms with Crippen molar-refractivity contribution in [1.82, 2.24) is 15.1 Å². The molecule has 10 heteroatoms. The first-order chi connectivity index (χ1) is 18.1. The SMILES string of the molecule is CO[C@H]1[C@H](C2(C)O[C@@H]2CC=C(C)C)[C@]2(CC[C@H]1NC(=O)N1CCN(CCOC(=O)CCC(C)=O)CC1)CO2. The summed E-state index contributed by atoms with van der Waals surface area (Å²) in [5.41, 5.74) is 0.744. The van der Waals surface area contributed by atoms with Gasteiger partial charge in [-0.25, -0.2) is 4.79 Å². The van der Waals surface area contributed by atoms with Crippen molar-refractivity contribution >= 4 is 17.8 Å². The number of allylic oxidation sites excluding steroid dienone is 1. The van der Waals surface area contributed by atoms with Gasteiger partial charge < -0.3 is 34.0 Å². The molecule has 214 valence electrons. The molecule has 1 N–H and O–H groups in total. The second-order valence-electron chi connectivity index (χ2n) is 11.7. The largest absolute Gasteiger partial charge is 0.464 e. The Hall–Kier alpha value is -2.01. The van der Waals surface area contributed by atoms with Crippen LogP contribution in [0.2, 0.25) is 0 Å². The lowest BCUT2D eigenvalue weighted by atomic mass is 9.67. The number of nitrogens with zero attached hydrogens (tertiary/aromatic N) is 2. The molecule has 4 fully saturated rings. The second kappa shape index (κ2) is 12.0. The summed E-state index contributed by atoms with van der Waals surface area (Å²) in [6.07, 6.45) is 5.09. The van der Waals surface area contributed by atoms with E-state index in [2.05, 4.69) is 37.1 Å². The van der Waals surface area contributed by atoms with Gasteiger partial charge in [0.05, 0.1) is 36.9 Å². The smallest absolute Gasteiger partial charge is 0.317 e. The molecule has 3 heterocycles. The number of ketones is 1. The van der Waals surface area contributed by atoms with E-state index >= 15 is 0 Å². The summed E-state index contributed by atoms with van der Waals surface area (Å²) < 4.78 is 23.6. The predicted octanol–water partition coefficient (Wildman–Crippen LogP) is 2.30. The molecule has 2 amide bonds. The summed E-state index contributed by atoms with van der Waals surface area (Å²) in [5.74, 6) is -0.301. The average molecular weight is 536 g/mol. The van der Waals surface area contributed by atoms with Crippen LogP contribution in [-0.4, -0.2) is 110 Å². The maximum absolute atomic E-state index is 13.2. The normalized spacial score (nSPS) is 34.5. The van der Waals surface area contributed by atoms with Gasteiger partial charge in [-0.15, -0.1) is 0 Å². The lowest BCUT2D eigenvalue weighted by Crippen LogP contribution is -2.61. The van der Waals surface area contributed by atoms with E-state index in [1.807, 2.05) is 4.90 Å². The van der Waals surface area contributed by atoms with E-state index in [0.29, 0.717) is 39.3 Å². The number of methoxy groups -OCH3 is 1. The van der Waals surface area contributed by atoms with Crippen LogP contribution in [0.25, 0.3) is 0 Å². The quantitative estimate of drug-likeness (QED) is 0.244. The maximum atomic E-state index is 13.2. The van der Waals surface area contributed by atoms with Crippen molar-refractivity contribution in [3.05, 3.63) is 11.6 Å². The summed E-state index contributed by atoms with van der Waals surface area (Å²) >= 11 is 0. The number of carbonyl (C=O) groups is 3. The molecular formula is C28H45N3O7. The Balaban J connectivity index is 1.25. The Bertz CT molecular complexity index is 908. The number of epoxide rings is 2. The topological polar surface area (TPSA) is 113 Å². The molecule has 0 radical (unpaired) electrons. The number of nitrogens with one attached hydrogen (secondary N) is 1. The highest BCUT2D eigenvalue weighted by molar-refractivity contribution is 5.81. The zero-order chi connectivity index (χ0) is 27.5. The molecule has 1 spiro atoms. The van der Waals surface area contributed by atoms with Crippen LogP contribution in [0.15, 0.2) is 11.6 Å². The molecule has 4 aliphatic rings. The van der Waals surface area contributed by atoms with E-state index in [0.717, 1.165) is 25.9 Å². The fourth-order valence-electron chi connectivity index (χ4n) is 6.21. The first-order valence-electron chi connectivity index (χ1n) is 14.0. The molecule has 3 aliphatic heterocycles. The number of piperazine rings is 1. The number of carbonyl (C=O) groups excluding carboxylic acids is 3. The first kappa shape index (κ1) is 29.0. The van der Waals surface area contributed by atoms with Crippen LogP contribution >= 0.6 is 0 Å². The zero-order valence-corrected chi connectivity index (χ0v) is 23.6. The Morgan fingerprint density at radius 1 is 1.11 bits per heavy atom. The Kier molecular flexibility index (Phi) is 9.17. The van der Waals surface area contributed by atoms with Crippen molar-refractivity contribution in [3.8, 4) is 0 Å². The van der Waals surface area contributed by atoms with Crippen LogP contribution in [0.4, 0.5) is 4.79 Å². The van der Waals surface area contributed by atoms with Crippen molar-refractivity contribution < 1.29 is 33.3 Å². The summed E-state index contributed by atoms with van der Waals surface area (Å²) in [5, 5.41) is 3.27. The molecule has 38 heavy (non-hydrogen) atoms. The zero-order valence-electron chi connectivity index (χ0n) is 23.6. The van der Waals surface area contributed by atoms with Gasteiger partial charge in [0, 0.05) is 52.2 Å². The lowest BCUT2D eigenvalue weighted by molar-refractivity contribution is -0.145. The highest BCUT2D eigenvalue weighted by Crippen LogP contribution is 2.59. The number of urea groups is 1. The molecule has 1 aliphatic carbocycles. The minimum atomic E-state index is -0.344. The summed E-state index contributed by atoms with van der Waals surface area (Å²) in [6.45, 7) is 12.1. The van der Waals surface area contributed by atoms with Crippen LogP contribution in [-0.2, 0) is 28.5 Å². The molecule has 0 aromatic heterocycles. The number of esters is 1. The fraction of sp³-hybridized carbons (Fsp3) is 0.821. The van der Waals surface area contributed by atoms with E-state index in [1.165, 1.54) is 12.5 Å². The Morgan fingerprint density at radius 3 is 2.42 bits per heavy atom. The number of Topliss-reactive ketones (excluding diaryl/α,β-unsaturated/α-hetero) is 1. The molecule has 0 bridgehead atoms. The van der Waals surface area contributed by atoms with E-state index in [4.69, 9.17) is 18.9 Å². The minimum absolute atomic E-state index is 0.0176. The third-order valence-corrected chi connectivity index (χ3v) is 8.61. The van der Waals surface area contributed by atoms with Crippen LogP contribution in [0.5, 0.6) is 0 Å². The van der Waals surface area contributed by atoms with Crippen LogP contribution in [0.3, 0.4) is 0 Å². The monoisotopic (exact) mass is 535 g/mol. The molecule has 6 atom stereocenters. The van der Waals surface area contributed by atoms with Gasteiger partial charge in [0.15, 0.2) is 0 Å². The van der Waals surface area contributed by atoms with Gasteiger partial charge in [-0.2, -0.15) is 0 Å². The van der Waals surface area contributed by atoms with Crippen molar-refractivity contribution in [2.75, 3.05) is 53.0 Å². The number of amides is 2. The molecule has 4 rings (SSSR count). The number of ether oxygens (including phenoxy) is 4. The van der Waals surface area contributed by atoms with Crippen molar-refractivity contribution in [2.24, 2.45) is 5.92 Å². The minimum Gasteiger partial charge on any atom is -0.464 e. The molecule has 1 unspecified atom stereocenters. The van der Waals surface area contributed by atoms with Gasteiger partial charge in [-0.1, -0.05) is 11.6 Å². The highest BCUT2D eigenvalue weighted by atomic mass is 16.6. The third kappa shape index (κ3) is 6.76. The molecule has 0 aromatic carbocycles. The van der Waals surface area contributed by atoms with Crippen LogP contribution in [0.1, 0.15) is 59.8 Å².